The summed E-state index contributed by atoms with van der Waals surface area (Å²) in [6.07, 6.45) is 0.469. The summed E-state index contributed by atoms with van der Waals surface area (Å²) in [5.41, 5.74) is 7.01. The van der Waals surface area contributed by atoms with Crippen LogP contribution in [-0.4, -0.2) is 32.7 Å². The van der Waals surface area contributed by atoms with E-state index in [0.717, 1.165) is 22.5 Å². The van der Waals surface area contributed by atoms with Gasteiger partial charge in [0.15, 0.2) is 0 Å². The van der Waals surface area contributed by atoms with Gasteiger partial charge in [0, 0.05) is 16.6 Å². The minimum absolute atomic E-state index is 0.120. The van der Waals surface area contributed by atoms with Crippen LogP contribution < -0.4 is 11.1 Å². The molecule has 10 heteroatoms. The zero-order chi connectivity index (χ0) is 18.5. The van der Waals surface area contributed by atoms with Gasteiger partial charge >= 0.3 is 0 Å². The van der Waals surface area contributed by atoms with E-state index >= 15 is 0 Å². The van der Waals surface area contributed by atoms with Crippen molar-refractivity contribution in [2.75, 3.05) is 11.1 Å². The summed E-state index contributed by atoms with van der Waals surface area (Å²) in [5.74, 6) is -0.162. The number of aromatic nitrogens is 3. The van der Waals surface area contributed by atoms with E-state index in [1.807, 2.05) is 12.3 Å². The minimum Gasteiger partial charge on any atom is -0.416 e. The summed E-state index contributed by atoms with van der Waals surface area (Å²) in [7, 11) is 0. The Morgan fingerprint density at radius 1 is 1.27 bits per heavy atom. The Bertz CT molecular complexity index is 920. The van der Waals surface area contributed by atoms with Gasteiger partial charge in [0.1, 0.15) is 0 Å². The molecule has 3 aromatic rings. The first kappa shape index (κ1) is 18.1. The van der Waals surface area contributed by atoms with Crippen molar-refractivity contribution in [3.63, 3.8) is 0 Å². The molecule has 0 atom stereocenters. The number of benzene rings is 1. The van der Waals surface area contributed by atoms with Gasteiger partial charge in [-0.2, -0.15) is 0 Å². The fraction of sp³-hybridized carbons (Fsp3) is 0.188. The molecule has 0 saturated carbocycles. The van der Waals surface area contributed by atoms with E-state index in [-0.39, 0.29) is 11.7 Å². The van der Waals surface area contributed by atoms with Crippen molar-refractivity contribution in [1.29, 1.82) is 0 Å². The number of thioether (sulfide) groups is 1. The number of nitrogens with one attached hydrogen (secondary N) is 1. The van der Waals surface area contributed by atoms with Crippen LogP contribution in [0, 0.1) is 6.92 Å². The van der Waals surface area contributed by atoms with Crippen LogP contribution in [0.1, 0.15) is 27.0 Å². The first-order valence-corrected chi connectivity index (χ1v) is 9.42. The third-order valence-corrected chi connectivity index (χ3v) is 4.87. The van der Waals surface area contributed by atoms with Gasteiger partial charge in [0.25, 0.3) is 5.22 Å². The zero-order valence-corrected chi connectivity index (χ0v) is 15.4. The van der Waals surface area contributed by atoms with Crippen LogP contribution in [0.4, 0.5) is 5.69 Å². The fourth-order valence-corrected chi connectivity index (χ4v) is 3.25. The Balaban J connectivity index is 1.49. The standard InChI is InChI=1S/C16H15N5O3S2/c1-9-18-12(7-25-9)6-14-20-21-16(24-14)26-8-13(22)19-11-4-2-10(3-5-11)15(17)23/h2-5,7H,6,8H2,1H3,(H2,17,23)(H,19,22). The Morgan fingerprint density at radius 2 is 2.04 bits per heavy atom. The second-order valence-corrected chi connectivity index (χ2v) is 7.26. The molecule has 2 amide bonds. The first-order valence-electron chi connectivity index (χ1n) is 7.55. The van der Waals surface area contributed by atoms with E-state index in [2.05, 4.69) is 20.5 Å². The van der Waals surface area contributed by atoms with Crippen molar-refractivity contribution < 1.29 is 14.0 Å². The van der Waals surface area contributed by atoms with Crippen molar-refractivity contribution in [2.45, 2.75) is 18.6 Å². The van der Waals surface area contributed by atoms with Gasteiger partial charge in [-0.1, -0.05) is 11.8 Å². The molecule has 0 unspecified atom stereocenters. The quantitative estimate of drug-likeness (QED) is 0.594. The van der Waals surface area contributed by atoms with Gasteiger partial charge in [-0.3, -0.25) is 9.59 Å². The monoisotopic (exact) mass is 389 g/mol. The van der Waals surface area contributed by atoms with E-state index in [1.54, 1.807) is 35.6 Å². The SMILES string of the molecule is Cc1nc(Cc2nnc(SCC(=O)Nc3ccc(C(N)=O)cc3)o2)cs1. The van der Waals surface area contributed by atoms with Crippen molar-refractivity contribution in [2.24, 2.45) is 5.73 Å². The molecule has 3 rings (SSSR count). The zero-order valence-electron chi connectivity index (χ0n) is 13.8. The predicted molar refractivity (Wildman–Crippen MR) is 98.3 cm³/mol. The van der Waals surface area contributed by atoms with Crippen molar-refractivity contribution >= 4 is 40.6 Å². The molecule has 0 saturated heterocycles. The molecule has 0 fully saturated rings. The average Bonchev–Trinajstić information content (AvgIpc) is 3.23. The van der Waals surface area contributed by atoms with Gasteiger partial charge in [0.2, 0.25) is 17.7 Å². The highest BCUT2D eigenvalue weighted by molar-refractivity contribution is 7.99. The molecule has 0 radical (unpaired) electrons. The molecule has 8 nitrogen and oxygen atoms in total. The number of nitrogens with two attached hydrogens (primary N) is 1. The molecule has 2 aromatic heterocycles. The van der Waals surface area contributed by atoms with Gasteiger partial charge < -0.3 is 15.5 Å². The van der Waals surface area contributed by atoms with Crippen LogP contribution in [-0.2, 0) is 11.2 Å². The van der Waals surface area contributed by atoms with Gasteiger partial charge in [-0.15, -0.1) is 21.5 Å². The molecule has 1 aromatic carbocycles. The number of aryl methyl sites for hydroxylation is 1. The summed E-state index contributed by atoms with van der Waals surface area (Å²) in [6, 6.07) is 6.33. The molecule has 0 spiro atoms. The number of anilines is 1. The third-order valence-electron chi connectivity index (χ3n) is 3.23. The predicted octanol–water partition coefficient (Wildman–Crippen LogP) is 2.26. The number of hydrogen-bond donors (Lipinski definition) is 2. The number of amides is 2. The summed E-state index contributed by atoms with van der Waals surface area (Å²) in [4.78, 5) is 27.3. The van der Waals surface area contributed by atoms with Gasteiger partial charge in [0.05, 0.1) is 22.9 Å². The highest BCUT2D eigenvalue weighted by atomic mass is 32.2. The Kier molecular flexibility index (Phi) is 5.64. The van der Waals surface area contributed by atoms with Crippen molar-refractivity contribution in [1.82, 2.24) is 15.2 Å². The second kappa shape index (κ2) is 8.11. The molecule has 26 heavy (non-hydrogen) atoms. The maximum atomic E-state index is 12.0. The van der Waals surface area contributed by atoms with E-state index in [0.29, 0.717) is 28.8 Å². The number of carbonyl (C=O) groups is 2. The van der Waals surface area contributed by atoms with Gasteiger partial charge in [-0.05, 0) is 31.2 Å². The summed E-state index contributed by atoms with van der Waals surface area (Å²) >= 11 is 2.71. The first-order chi connectivity index (χ1) is 12.5. The maximum Gasteiger partial charge on any atom is 0.277 e. The average molecular weight is 389 g/mol. The summed E-state index contributed by atoms with van der Waals surface area (Å²) in [5, 5.41) is 13.9. The smallest absolute Gasteiger partial charge is 0.277 e. The number of nitrogens with zero attached hydrogens (tertiary/aromatic N) is 3. The largest absolute Gasteiger partial charge is 0.416 e. The van der Waals surface area contributed by atoms with Gasteiger partial charge in [-0.25, -0.2) is 4.98 Å². The summed E-state index contributed by atoms with van der Waals surface area (Å²) < 4.78 is 5.51. The Labute approximate surface area is 157 Å². The van der Waals surface area contributed by atoms with Crippen LogP contribution in [0.5, 0.6) is 0 Å². The number of rotatable bonds is 7. The normalized spacial score (nSPS) is 10.7. The lowest BCUT2D eigenvalue weighted by atomic mass is 10.2. The minimum atomic E-state index is -0.515. The highest BCUT2D eigenvalue weighted by Crippen LogP contribution is 2.19. The van der Waals surface area contributed by atoms with E-state index < -0.39 is 5.91 Å². The molecular formula is C16H15N5O3S2. The molecule has 0 bridgehead atoms. The van der Waals surface area contributed by atoms with E-state index in [4.69, 9.17) is 10.2 Å². The Hall–Kier alpha value is -2.72. The maximum absolute atomic E-state index is 12.0. The van der Waals surface area contributed by atoms with E-state index in [1.165, 1.54) is 0 Å². The van der Waals surface area contributed by atoms with Crippen LogP contribution in [0.2, 0.25) is 0 Å². The molecule has 0 aliphatic heterocycles. The fourth-order valence-electron chi connectivity index (χ4n) is 2.05. The number of hydrogen-bond acceptors (Lipinski definition) is 8. The number of primary amides is 1. The number of carbonyl (C=O) groups excluding carboxylic acids is 2. The lowest BCUT2D eigenvalue weighted by molar-refractivity contribution is -0.113. The van der Waals surface area contributed by atoms with Crippen LogP contribution in [0.25, 0.3) is 0 Å². The topological polar surface area (TPSA) is 124 Å². The molecule has 2 heterocycles. The Morgan fingerprint density at radius 3 is 2.69 bits per heavy atom. The second-order valence-electron chi connectivity index (χ2n) is 5.27. The van der Waals surface area contributed by atoms with Crippen LogP contribution >= 0.6 is 23.1 Å². The van der Waals surface area contributed by atoms with E-state index in [9.17, 15) is 9.59 Å². The third kappa shape index (κ3) is 4.90. The van der Waals surface area contributed by atoms with Crippen LogP contribution in [0.3, 0.4) is 0 Å². The molecule has 3 N–H and O–H groups in total. The molecule has 134 valence electrons. The van der Waals surface area contributed by atoms with Crippen LogP contribution in [0.15, 0.2) is 39.3 Å². The lowest BCUT2D eigenvalue weighted by Gasteiger charge is -2.04. The van der Waals surface area contributed by atoms with Crippen molar-refractivity contribution in [3.05, 3.63) is 51.8 Å². The highest BCUT2D eigenvalue weighted by Gasteiger charge is 2.12. The summed E-state index contributed by atoms with van der Waals surface area (Å²) in [6.45, 7) is 1.93. The number of thiazole rings is 1. The molecule has 0 aliphatic carbocycles. The lowest BCUT2D eigenvalue weighted by Crippen LogP contribution is -2.15. The molecule has 0 aliphatic rings. The van der Waals surface area contributed by atoms with Crippen molar-refractivity contribution in [3.8, 4) is 0 Å². The molecular weight excluding hydrogens is 374 g/mol.